The van der Waals surface area contributed by atoms with Gasteiger partial charge in [0, 0.05) is 22.0 Å². The number of aromatic amines is 1. The maximum absolute atomic E-state index is 13.9. The Morgan fingerprint density at radius 1 is 1.00 bits per heavy atom. The first kappa shape index (κ1) is 28.7. The predicted octanol–water partition coefficient (Wildman–Crippen LogP) is 5.58. The highest BCUT2D eigenvalue weighted by atomic mass is 32.2. The number of nitrogens with one attached hydrogen (secondary N) is 2. The van der Waals surface area contributed by atoms with Crippen molar-refractivity contribution in [3.63, 3.8) is 0 Å². The molecule has 1 fully saturated rings. The summed E-state index contributed by atoms with van der Waals surface area (Å²) in [6.07, 6.45) is -4.67. The number of imide groups is 1. The molecule has 1 aromatic heterocycles. The summed E-state index contributed by atoms with van der Waals surface area (Å²) in [6.45, 7) is 1.56. The number of benzene rings is 3. The second-order valence-electron chi connectivity index (χ2n) is 10.1. The van der Waals surface area contributed by atoms with Crippen LogP contribution in [0.5, 0.6) is 5.75 Å². The standard InChI is InChI=1S/C30H22F3N3O5S2/c1-15-9-11-17(12-10-15)34-21(37)14-41-20-8-3-2-7-19(20)22-23-25(42-26-24(22)43-29(40)35-26)28(39)36(27(23)38)18-6-4-5-16(13-18)30(31,32)33/h2-13,22-23,25H,14H2,1H3,(H,34,37)(H,35,40)/t22-,23?,25?/m1/s1. The molecule has 0 bridgehead atoms. The number of fused-ring (bicyclic) bond motifs is 2. The molecular weight excluding hydrogens is 603 g/mol. The lowest BCUT2D eigenvalue weighted by Gasteiger charge is -2.30. The van der Waals surface area contributed by atoms with E-state index in [2.05, 4.69) is 10.3 Å². The van der Waals surface area contributed by atoms with E-state index in [1.807, 2.05) is 19.1 Å². The number of anilines is 2. The van der Waals surface area contributed by atoms with Crippen molar-refractivity contribution < 1.29 is 32.3 Å². The first-order valence-corrected chi connectivity index (χ1v) is 14.7. The summed E-state index contributed by atoms with van der Waals surface area (Å²) in [6, 6.07) is 18.0. The fraction of sp³-hybridized carbons (Fsp3) is 0.200. The Balaban J connectivity index is 1.34. The van der Waals surface area contributed by atoms with Crippen LogP contribution in [0.3, 0.4) is 0 Å². The molecule has 43 heavy (non-hydrogen) atoms. The molecule has 2 unspecified atom stereocenters. The molecule has 3 aromatic carbocycles. The SMILES string of the molecule is Cc1ccc(NC(=O)COc2ccccc2[C@H]2c3sc(=O)[nH]c3SC3C(=O)N(c4cccc(C(F)(F)F)c4)C(=O)C32)cc1. The molecule has 0 radical (unpaired) electrons. The third-order valence-electron chi connectivity index (χ3n) is 7.20. The van der Waals surface area contributed by atoms with Crippen molar-refractivity contribution in [2.24, 2.45) is 5.92 Å². The highest BCUT2D eigenvalue weighted by Gasteiger charge is 2.57. The van der Waals surface area contributed by atoms with Gasteiger partial charge >= 0.3 is 11.0 Å². The van der Waals surface area contributed by atoms with Crippen LogP contribution in [0.25, 0.3) is 0 Å². The summed E-state index contributed by atoms with van der Waals surface area (Å²) in [4.78, 5) is 56.3. The number of aromatic nitrogens is 1. The fourth-order valence-electron chi connectivity index (χ4n) is 5.27. The Morgan fingerprint density at radius 3 is 2.49 bits per heavy atom. The zero-order valence-corrected chi connectivity index (χ0v) is 23.9. The first-order valence-electron chi connectivity index (χ1n) is 13.0. The number of aryl methyl sites for hydroxylation is 1. The van der Waals surface area contributed by atoms with Crippen LogP contribution in [0.4, 0.5) is 24.5 Å². The Kier molecular flexibility index (Phi) is 7.38. The molecule has 6 rings (SSSR count). The van der Waals surface area contributed by atoms with Crippen molar-refractivity contribution in [2.75, 3.05) is 16.8 Å². The Bertz CT molecular complexity index is 1800. The second-order valence-corrected chi connectivity index (χ2v) is 12.2. The molecule has 8 nitrogen and oxygen atoms in total. The zero-order chi connectivity index (χ0) is 30.5. The molecule has 0 spiro atoms. The number of rotatable bonds is 6. The van der Waals surface area contributed by atoms with Gasteiger partial charge in [-0.25, -0.2) is 4.90 Å². The average molecular weight is 626 g/mol. The van der Waals surface area contributed by atoms with Crippen LogP contribution in [-0.4, -0.2) is 34.6 Å². The number of hydrogen-bond acceptors (Lipinski definition) is 7. The maximum Gasteiger partial charge on any atom is 0.416 e. The van der Waals surface area contributed by atoms with Crippen LogP contribution in [-0.2, 0) is 20.6 Å². The monoisotopic (exact) mass is 625 g/mol. The Hall–Kier alpha value is -4.36. The van der Waals surface area contributed by atoms with Gasteiger partial charge in [-0.3, -0.25) is 19.2 Å². The summed E-state index contributed by atoms with van der Waals surface area (Å²) >= 11 is 1.90. The van der Waals surface area contributed by atoms with Crippen LogP contribution in [0.2, 0.25) is 0 Å². The Morgan fingerprint density at radius 2 is 1.74 bits per heavy atom. The molecule has 3 heterocycles. The summed E-state index contributed by atoms with van der Waals surface area (Å²) < 4.78 is 46.3. The smallest absolute Gasteiger partial charge is 0.416 e. The van der Waals surface area contributed by atoms with E-state index in [-0.39, 0.29) is 22.9 Å². The van der Waals surface area contributed by atoms with E-state index in [9.17, 15) is 32.3 Å². The van der Waals surface area contributed by atoms with E-state index in [0.717, 1.165) is 51.8 Å². The number of halogens is 3. The quantitative estimate of drug-likeness (QED) is 0.271. The molecule has 0 aliphatic carbocycles. The topological polar surface area (TPSA) is 109 Å². The number of carbonyl (C=O) groups excluding carboxylic acids is 3. The number of ether oxygens (including phenoxy) is 1. The van der Waals surface area contributed by atoms with Crippen LogP contribution in [0.1, 0.15) is 27.5 Å². The minimum Gasteiger partial charge on any atom is -0.483 e. The number of para-hydroxylation sites is 1. The van der Waals surface area contributed by atoms with E-state index in [1.54, 1.807) is 36.4 Å². The van der Waals surface area contributed by atoms with Gasteiger partial charge in [-0.2, -0.15) is 13.2 Å². The number of nitrogens with zero attached hydrogens (tertiary/aromatic N) is 1. The van der Waals surface area contributed by atoms with Gasteiger partial charge in [0.2, 0.25) is 11.8 Å². The van der Waals surface area contributed by atoms with E-state index >= 15 is 0 Å². The van der Waals surface area contributed by atoms with Gasteiger partial charge < -0.3 is 15.0 Å². The van der Waals surface area contributed by atoms with Gasteiger partial charge in [-0.15, -0.1) is 0 Å². The van der Waals surface area contributed by atoms with E-state index < -0.39 is 46.5 Å². The number of thioether (sulfide) groups is 1. The highest BCUT2D eigenvalue weighted by molar-refractivity contribution is 8.00. The van der Waals surface area contributed by atoms with Crippen LogP contribution in [0.15, 0.2) is 82.6 Å². The third kappa shape index (κ3) is 5.45. The molecule has 4 aromatic rings. The first-order chi connectivity index (χ1) is 20.5. The van der Waals surface area contributed by atoms with Gasteiger partial charge in [-0.05, 0) is 43.3 Å². The number of thiazole rings is 1. The third-order valence-corrected chi connectivity index (χ3v) is 9.60. The molecular formula is C30H22F3N3O5S2. The van der Waals surface area contributed by atoms with Gasteiger partial charge in [0.1, 0.15) is 11.0 Å². The maximum atomic E-state index is 13.9. The van der Waals surface area contributed by atoms with Crippen LogP contribution in [0, 0.1) is 12.8 Å². The average Bonchev–Trinajstić information content (AvgIpc) is 3.47. The molecule has 0 saturated carbocycles. The van der Waals surface area contributed by atoms with Crippen molar-refractivity contribution in [3.8, 4) is 5.75 Å². The van der Waals surface area contributed by atoms with Crippen molar-refractivity contribution in [1.82, 2.24) is 4.98 Å². The number of amides is 3. The lowest BCUT2D eigenvalue weighted by Crippen LogP contribution is -2.32. The van der Waals surface area contributed by atoms with E-state index in [0.29, 0.717) is 21.2 Å². The van der Waals surface area contributed by atoms with E-state index in [1.165, 1.54) is 6.07 Å². The van der Waals surface area contributed by atoms with Gasteiger partial charge in [0.25, 0.3) is 5.91 Å². The Labute approximate surface area is 250 Å². The number of carbonyl (C=O) groups is 3. The molecule has 2 aliphatic rings. The van der Waals surface area contributed by atoms with Gasteiger partial charge in [-0.1, -0.05) is 65.1 Å². The lowest BCUT2D eigenvalue weighted by molar-refractivity contribution is -0.137. The largest absolute Gasteiger partial charge is 0.483 e. The van der Waals surface area contributed by atoms with Crippen molar-refractivity contribution in [2.45, 2.75) is 29.3 Å². The molecule has 2 aliphatic heterocycles. The van der Waals surface area contributed by atoms with Crippen molar-refractivity contribution in [1.29, 1.82) is 0 Å². The zero-order valence-electron chi connectivity index (χ0n) is 22.3. The molecule has 220 valence electrons. The van der Waals surface area contributed by atoms with Gasteiger partial charge in [0.15, 0.2) is 6.61 Å². The van der Waals surface area contributed by atoms with Gasteiger partial charge in [0.05, 0.1) is 22.2 Å². The molecule has 3 amide bonds. The summed E-state index contributed by atoms with van der Waals surface area (Å²) in [5, 5.41) is 2.14. The number of H-pyrrole nitrogens is 1. The molecule has 1 saturated heterocycles. The van der Waals surface area contributed by atoms with Crippen LogP contribution < -0.4 is 19.8 Å². The van der Waals surface area contributed by atoms with Crippen LogP contribution >= 0.6 is 23.1 Å². The normalized spacial score (nSPS) is 19.6. The van der Waals surface area contributed by atoms with Crippen molar-refractivity contribution >= 4 is 52.2 Å². The predicted molar refractivity (Wildman–Crippen MR) is 156 cm³/mol. The lowest BCUT2D eigenvalue weighted by atomic mass is 9.82. The number of alkyl halides is 3. The fourth-order valence-corrected chi connectivity index (χ4v) is 7.78. The molecule has 2 N–H and O–H groups in total. The minimum absolute atomic E-state index is 0.187. The molecule has 13 heteroatoms. The minimum atomic E-state index is -4.67. The van der Waals surface area contributed by atoms with Crippen molar-refractivity contribution in [3.05, 3.63) is 104 Å². The van der Waals surface area contributed by atoms with E-state index in [4.69, 9.17) is 4.74 Å². The summed E-state index contributed by atoms with van der Waals surface area (Å²) in [7, 11) is 0. The summed E-state index contributed by atoms with van der Waals surface area (Å²) in [5.74, 6) is -3.42. The second kappa shape index (κ2) is 11.0. The number of hydrogen-bond donors (Lipinski definition) is 2. The molecule has 3 atom stereocenters. The summed E-state index contributed by atoms with van der Waals surface area (Å²) in [5.41, 5.74) is 0.907. The highest BCUT2D eigenvalue weighted by Crippen LogP contribution is 2.54.